The number of pyridine rings is 3. The van der Waals surface area contributed by atoms with Gasteiger partial charge in [-0.05, 0) is 61.9 Å². The van der Waals surface area contributed by atoms with Gasteiger partial charge in [0, 0.05) is 11.4 Å². The number of nitrogens with two attached hydrogens (primary N) is 1. The van der Waals surface area contributed by atoms with Crippen LogP contribution in [0.5, 0.6) is 0 Å². The van der Waals surface area contributed by atoms with E-state index in [1.165, 1.54) is 0 Å². The average molecular weight is 336 g/mol. The van der Waals surface area contributed by atoms with Crippen LogP contribution in [-0.2, 0) is 12.8 Å². The number of rotatable bonds is 6. The van der Waals surface area contributed by atoms with Crippen molar-refractivity contribution in [1.82, 2.24) is 15.0 Å². The van der Waals surface area contributed by atoms with Crippen LogP contribution in [0.15, 0.2) is 59.6 Å². The highest BCUT2D eigenvalue weighted by Gasteiger charge is 2.04. The molecular weight excluding hydrogens is 316 g/mol. The van der Waals surface area contributed by atoms with Crippen LogP contribution >= 0.6 is 11.8 Å². The molecule has 2 N–H and O–H groups in total. The average Bonchev–Trinajstić information content (AvgIpc) is 2.62. The molecule has 3 rings (SSSR count). The Morgan fingerprint density at radius 2 is 1.42 bits per heavy atom. The second kappa shape index (κ2) is 7.93. The highest BCUT2D eigenvalue weighted by atomic mass is 32.2. The lowest BCUT2D eigenvalue weighted by atomic mass is 10.1. The number of nitrogen functional groups attached to an aromatic ring is 1. The number of aryl methyl sites for hydroxylation is 2. The minimum atomic E-state index is 0.576. The van der Waals surface area contributed by atoms with Crippen molar-refractivity contribution in [3.8, 4) is 11.4 Å². The summed E-state index contributed by atoms with van der Waals surface area (Å²) in [5.74, 6) is 0.576. The second-order valence-corrected chi connectivity index (χ2v) is 6.31. The molecule has 0 radical (unpaired) electrons. The van der Waals surface area contributed by atoms with Gasteiger partial charge in [0.15, 0.2) is 0 Å². The molecule has 3 aromatic heterocycles. The van der Waals surface area contributed by atoms with Crippen molar-refractivity contribution in [1.29, 1.82) is 0 Å². The first-order valence-corrected chi connectivity index (χ1v) is 9.16. The van der Waals surface area contributed by atoms with Gasteiger partial charge in [-0.2, -0.15) is 0 Å². The lowest BCUT2D eigenvalue weighted by Crippen LogP contribution is -1.98. The third kappa shape index (κ3) is 4.32. The van der Waals surface area contributed by atoms with Gasteiger partial charge >= 0.3 is 0 Å². The molecule has 0 amide bonds. The highest BCUT2D eigenvalue weighted by molar-refractivity contribution is 7.98. The van der Waals surface area contributed by atoms with Gasteiger partial charge in [-0.1, -0.05) is 18.2 Å². The molecule has 3 aromatic rings. The Morgan fingerprint density at radius 1 is 0.792 bits per heavy atom. The van der Waals surface area contributed by atoms with E-state index in [-0.39, 0.29) is 0 Å². The Labute approximate surface area is 146 Å². The van der Waals surface area contributed by atoms with Crippen LogP contribution < -0.4 is 5.73 Å². The van der Waals surface area contributed by atoms with Crippen molar-refractivity contribution in [2.75, 3.05) is 12.0 Å². The predicted molar refractivity (Wildman–Crippen MR) is 99.9 cm³/mol. The van der Waals surface area contributed by atoms with Crippen molar-refractivity contribution >= 4 is 17.6 Å². The van der Waals surface area contributed by atoms with Gasteiger partial charge in [0.25, 0.3) is 0 Å². The molecule has 0 fully saturated rings. The molecule has 0 spiro atoms. The van der Waals surface area contributed by atoms with Gasteiger partial charge in [0.2, 0.25) is 0 Å². The molecule has 0 aliphatic carbocycles. The van der Waals surface area contributed by atoms with Crippen molar-refractivity contribution in [2.24, 2.45) is 0 Å². The summed E-state index contributed by atoms with van der Waals surface area (Å²) in [5, 5.41) is 1.01. The van der Waals surface area contributed by atoms with E-state index in [2.05, 4.69) is 16.0 Å². The van der Waals surface area contributed by atoms with Crippen LogP contribution in [0.2, 0.25) is 0 Å². The first-order chi connectivity index (χ1) is 11.7. The summed E-state index contributed by atoms with van der Waals surface area (Å²) in [6, 6.07) is 17.9. The summed E-state index contributed by atoms with van der Waals surface area (Å²) in [7, 11) is 0. The minimum absolute atomic E-state index is 0.576. The van der Waals surface area contributed by atoms with Gasteiger partial charge in [0.1, 0.15) is 5.82 Å². The molecule has 0 atom stereocenters. The summed E-state index contributed by atoms with van der Waals surface area (Å²) in [4.78, 5) is 13.7. The van der Waals surface area contributed by atoms with E-state index in [1.807, 2.05) is 54.8 Å². The van der Waals surface area contributed by atoms with E-state index in [9.17, 15) is 0 Å². The first kappa shape index (κ1) is 16.5. The number of aromatic nitrogens is 3. The van der Waals surface area contributed by atoms with Gasteiger partial charge < -0.3 is 5.73 Å². The fourth-order valence-electron chi connectivity index (χ4n) is 2.52. The third-order valence-corrected chi connectivity index (χ3v) is 4.34. The van der Waals surface area contributed by atoms with E-state index in [1.54, 1.807) is 11.8 Å². The summed E-state index contributed by atoms with van der Waals surface area (Å²) in [6.45, 7) is 0. The van der Waals surface area contributed by atoms with Crippen LogP contribution in [-0.4, -0.2) is 21.2 Å². The Bertz CT molecular complexity index is 820. The fourth-order valence-corrected chi connectivity index (χ4v) is 2.92. The predicted octanol–water partition coefficient (Wildman–Crippen LogP) is 4.02. The number of hydrogen-bond donors (Lipinski definition) is 1. The SMILES string of the molecule is CSc1cccc(-c2cccc(CCCc3cccc(N)n3)n2)n1. The van der Waals surface area contributed by atoms with Crippen LogP contribution in [0.3, 0.4) is 0 Å². The Morgan fingerprint density at radius 3 is 2.12 bits per heavy atom. The zero-order chi connectivity index (χ0) is 16.8. The van der Waals surface area contributed by atoms with Gasteiger partial charge in [-0.3, -0.25) is 4.98 Å². The fraction of sp³-hybridized carbons (Fsp3) is 0.211. The quantitative estimate of drug-likeness (QED) is 0.689. The summed E-state index contributed by atoms with van der Waals surface area (Å²) < 4.78 is 0. The lowest BCUT2D eigenvalue weighted by molar-refractivity contribution is 0.783. The Hall–Kier alpha value is -2.40. The maximum atomic E-state index is 5.72. The molecule has 122 valence electrons. The van der Waals surface area contributed by atoms with Crippen LogP contribution in [0.25, 0.3) is 11.4 Å². The van der Waals surface area contributed by atoms with E-state index < -0.39 is 0 Å². The molecule has 0 aliphatic heterocycles. The van der Waals surface area contributed by atoms with Crippen molar-refractivity contribution in [2.45, 2.75) is 24.3 Å². The summed E-state index contributed by atoms with van der Waals surface area (Å²) in [6.07, 6.45) is 4.83. The second-order valence-electron chi connectivity index (χ2n) is 5.49. The zero-order valence-corrected chi connectivity index (χ0v) is 14.5. The van der Waals surface area contributed by atoms with Crippen LogP contribution in [0.4, 0.5) is 5.82 Å². The van der Waals surface area contributed by atoms with Crippen molar-refractivity contribution in [3.63, 3.8) is 0 Å². The van der Waals surface area contributed by atoms with Gasteiger partial charge in [0.05, 0.1) is 16.4 Å². The molecule has 0 bridgehead atoms. The number of nitrogens with zero attached hydrogens (tertiary/aromatic N) is 3. The third-order valence-electron chi connectivity index (χ3n) is 3.70. The molecule has 4 nitrogen and oxygen atoms in total. The molecule has 0 saturated heterocycles. The van der Waals surface area contributed by atoms with Crippen LogP contribution in [0.1, 0.15) is 17.8 Å². The maximum Gasteiger partial charge on any atom is 0.123 e. The Balaban J connectivity index is 1.67. The van der Waals surface area contributed by atoms with Crippen LogP contribution in [0, 0.1) is 0 Å². The summed E-state index contributed by atoms with van der Waals surface area (Å²) >= 11 is 1.64. The molecular formula is C19H20N4S. The molecule has 3 heterocycles. The molecule has 0 unspecified atom stereocenters. The number of thioether (sulfide) groups is 1. The smallest absolute Gasteiger partial charge is 0.123 e. The standard InChI is InChI=1S/C19H20N4S/c1-24-19-13-5-11-17(23-19)16-10-3-8-14(21-16)6-2-7-15-9-4-12-18(20)22-15/h3-5,8-13H,2,6-7H2,1H3,(H2,20,22). The van der Waals surface area contributed by atoms with E-state index >= 15 is 0 Å². The van der Waals surface area contributed by atoms with Crippen molar-refractivity contribution in [3.05, 3.63) is 66.0 Å². The minimum Gasteiger partial charge on any atom is -0.384 e. The van der Waals surface area contributed by atoms with Crippen molar-refractivity contribution < 1.29 is 0 Å². The monoisotopic (exact) mass is 336 g/mol. The molecule has 24 heavy (non-hydrogen) atoms. The van der Waals surface area contributed by atoms with E-state index in [0.29, 0.717) is 5.82 Å². The number of anilines is 1. The number of hydrogen-bond acceptors (Lipinski definition) is 5. The Kier molecular flexibility index (Phi) is 5.43. The molecule has 0 aromatic carbocycles. The molecule has 5 heteroatoms. The zero-order valence-electron chi connectivity index (χ0n) is 13.6. The lowest BCUT2D eigenvalue weighted by Gasteiger charge is -2.06. The van der Waals surface area contributed by atoms with E-state index in [0.717, 1.165) is 47.1 Å². The molecule has 0 aliphatic rings. The highest BCUT2D eigenvalue weighted by Crippen LogP contribution is 2.19. The topological polar surface area (TPSA) is 64.7 Å². The first-order valence-electron chi connectivity index (χ1n) is 7.93. The largest absolute Gasteiger partial charge is 0.384 e. The van der Waals surface area contributed by atoms with Gasteiger partial charge in [-0.25, -0.2) is 9.97 Å². The van der Waals surface area contributed by atoms with E-state index in [4.69, 9.17) is 10.7 Å². The molecule has 0 saturated carbocycles. The maximum absolute atomic E-state index is 5.72. The summed E-state index contributed by atoms with van der Waals surface area (Å²) in [5.41, 5.74) is 9.66. The normalized spacial score (nSPS) is 10.7. The van der Waals surface area contributed by atoms with Gasteiger partial charge in [-0.15, -0.1) is 11.8 Å².